The SMILES string of the molecule is CCN(CC)c1ccc2c(COC(=O)CN)cc(=O)oc2c1. The molecule has 0 aliphatic carbocycles. The van der Waals surface area contributed by atoms with Gasteiger partial charge in [0.1, 0.15) is 12.2 Å². The molecular weight excluding hydrogens is 284 g/mol. The third-order valence-corrected chi connectivity index (χ3v) is 3.50. The van der Waals surface area contributed by atoms with Gasteiger partial charge >= 0.3 is 11.6 Å². The molecule has 0 aliphatic rings. The Labute approximate surface area is 128 Å². The second-order valence-electron chi connectivity index (χ2n) is 4.81. The quantitative estimate of drug-likeness (QED) is 0.645. The Morgan fingerprint density at radius 2 is 2.00 bits per heavy atom. The van der Waals surface area contributed by atoms with Gasteiger partial charge in [-0.2, -0.15) is 0 Å². The number of carbonyl (C=O) groups excluding carboxylic acids is 1. The summed E-state index contributed by atoms with van der Waals surface area (Å²) in [7, 11) is 0. The topological polar surface area (TPSA) is 85.8 Å². The first kappa shape index (κ1) is 16.0. The van der Waals surface area contributed by atoms with Crippen LogP contribution in [0.25, 0.3) is 11.0 Å². The Bertz CT molecular complexity index is 720. The molecule has 0 spiro atoms. The molecule has 2 N–H and O–H groups in total. The van der Waals surface area contributed by atoms with Crippen LogP contribution in [0.5, 0.6) is 0 Å². The van der Waals surface area contributed by atoms with Crippen LogP contribution in [0, 0.1) is 0 Å². The second kappa shape index (κ2) is 7.09. The molecule has 0 unspecified atom stereocenters. The van der Waals surface area contributed by atoms with Gasteiger partial charge in [0, 0.05) is 41.9 Å². The van der Waals surface area contributed by atoms with Crippen molar-refractivity contribution in [2.24, 2.45) is 5.73 Å². The van der Waals surface area contributed by atoms with Crippen molar-refractivity contribution in [2.75, 3.05) is 24.5 Å². The predicted molar refractivity (Wildman–Crippen MR) is 84.9 cm³/mol. The first-order valence-corrected chi connectivity index (χ1v) is 7.26. The number of carbonyl (C=O) groups is 1. The second-order valence-corrected chi connectivity index (χ2v) is 4.81. The number of hydrogen-bond acceptors (Lipinski definition) is 6. The van der Waals surface area contributed by atoms with Gasteiger partial charge in [0.15, 0.2) is 0 Å². The molecule has 0 amide bonds. The van der Waals surface area contributed by atoms with E-state index in [1.54, 1.807) is 0 Å². The molecule has 0 atom stereocenters. The summed E-state index contributed by atoms with van der Waals surface area (Å²) in [5.74, 6) is -0.513. The van der Waals surface area contributed by atoms with E-state index in [9.17, 15) is 9.59 Å². The minimum absolute atomic E-state index is 0.00273. The van der Waals surface area contributed by atoms with Gasteiger partial charge in [0.2, 0.25) is 0 Å². The molecule has 118 valence electrons. The summed E-state index contributed by atoms with van der Waals surface area (Å²) in [5.41, 5.74) is 6.81. The van der Waals surface area contributed by atoms with Gasteiger partial charge in [-0.25, -0.2) is 4.79 Å². The highest BCUT2D eigenvalue weighted by Crippen LogP contribution is 2.24. The lowest BCUT2D eigenvalue weighted by atomic mass is 10.1. The van der Waals surface area contributed by atoms with Crippen molar-refractivity contribution in [3.8, 4) is 0 Å². The van der Waals surface area contributed by atoms with Gasteiger partial charge < -0.3 is 19.8 Å². The van der Waals surface area contributed by atoms with Crippen LogP contribution in [0.2, 0.25) is 0 Å². The molecule has 2 aromatic rings. The molecule has 0 fully saturated rings. The largest absolute Gasteiger partial charge is 0.460 e. The number of hydrogen-bond donors (Lipinski definition) is 1. The zero-order chi connectivity index (χ0) is 16.1. The van der Waals surface area contributed by atoms with E-state index >= 15 is 0 Å². The molecule has 1 aromatic carbocycles. The zero-order valence-electron chi connectivity index (χ0n) is 12.8. The highest BCUT2D eigenvalue weighted by molar-refractivity contribution is 5.84. The molecule has 6 nitrogen and oxygen atoms in total. The summed E-state index contributed by atoms with van der Waals surface area (Å²) in [5, 5.41) is 0.750. The average Bonchev–Trinajstić information content (AvgIpc) is 2.52. The molecule has 1 aromatic heterocycles. The number of anilines is 1. The number of nitrogens with two attached hydrogens (primary N) is 1. The molecule has 0 saturated carbocycles. The Balaban J connectivity index is 2.42. The van der Waals surface area contributed by atoms with Crippen LogP contribution < -0.4 is 16.3 Å². The molecule has 0 aliphatic heterocycles. The van der Waals surface area contributed by atoms with E-state index in [1.807, 2.05) is 18.2 Å². The number of rotatable bonds is 6. The van der Waals surface area contributed by atoms with Gasteiger partial charge in [-0.1, -0.05) is 0 Å². The standard InChI is InChI=1S/C16H20N2O4/c1-3-18(4-2)12-5-6-13-11(10-21-16(20)9-17)7-15(19)22-14(13)8-12/h5-8H,3-4,9-10,17H2,1-2H3. The summed E-state index contributed by atoms with van der Waals surface area (Å²) >= 11 is 0. The third-order valence-electron chi connectivity index (χ3n) is 3.50. The fourth-order valence-corrected chi connectivity index (χ4v) is 2.34. The molecule has 0 radical (unpaired) electrons. The van der Waals surface area contributed by atoms with Crippen LogP contribution in [0.4, 0.5) is 5.69 Å². The van der Waals surface area contributed by atoms with Crippen molar-refractivity contribution in [1.82, 2.24) is 0 Å². The van der Waals surface area contributed by atoms with Gasteiger partial charge in [-0.3, -0.25) is 4.79 Å². The summed E-state index contributed by atoms with van der Waals surface area (Å²) in [6.07, 6.45) is 0. The van der Waals surface area contributed by atoms with E-state index in [2.05, 4.69) is 18.7 Å². The minimum atomic E-state index is -0.513. The van der Waals surface area contributed by atoms with E-state index < -0.39 is 11.6 Å². The summed E-state index contributed by atoms with van der Waals surface area (Å²) in [4.78, 5) is 25.0. The molecule has 0 bridgehead atoms. The van der Waals surface area contributed by atoms with Crippen LogP contribution in [-0.2, 0) is 16.1 Å². The van der Waals surface area contributed by atoms with E-state index in [0.717, 1.165) is 24.2 Å². The maximum atomic E-state index is 11.7. The van der Waals surface area contributed by atoms with Crippen molar-refractivity contribution < 1.29 is 13.9 Å². The number of ether oxygens (including phenoxy) is 1. The van der Waals surface area contributed by atoms with Crippen molar-refractivity contribution in [3.05, 3.63) is 40.2 Å². The molecule has 6 heteroatoms. The van der Waals surface area contributed by atoms with Crippen molar-refractivity contribution in [3.63, 3.8) is 0 Å². The fraction of sp³-hybridized carbons (Fsp3) is 0.375. The zero-order valence-corrected chi connectivity index (χ0v) is 12.8. The van der Waals surface area contributed by atoms with Crippen LogP contribution >= 0.6 is 0 Å². The van der Waals surface area contributed by atoms with Crippen LogP contribution in [0.1, 0.15) is 19.4 Å². The Kier molecular flexibility index (Phi) is 5.16. The lowest BCUT2D eigenvalue weighted by Crippen LogP contribution is -2.21. The first-order valence-electron chi connectivity index (χ1n) is 7.26. The maximum Gasteiger partial charge on any atom is 0.336 e. The van der Waals surface area contributed by atoms with Crippen molar-refractivity contribution in [1.29, 1.82) is 0 Å². The summed E-state index contributed by atoms with van der Waals surface area (Å²) in [6.45, 7) is 5.66. The minimum Gasteiger partial charge on any atom is -0.460 e. The van der Waals surface area contributed by atoms with Gasteiger partial charge in [0.25, 0.3) is 0 Å². The Morgan fingerprint density at radius 1 is 1.27 bits per heavy atom. The van der Waals surface area contributed by atoms with E-state index in [0.29, 0.717) is 11.1 Å². The van der Waals surface area contributed by atoms with Crippen molar-refractivity contribution in [2.45, 2.75) is 20.5 Å². The Morgan fingerprint density at radius 3 is 2.64 bits per heavy atom. The number of benzene rings is 1. The lowest BCUT2D eigenvalue weighted by molar-refractivity contribution is -0.143. The highest BCUT2D eigenvalue weighted by Gasteiger charge is 2.10. The number of esters is 1. The summed E-state index contributed by atoms with van der Waals surface area (Å²) < 4.78 is 10.3. The molecule has 0 saturated heterocycles. The van der Waals surface area contributed by atoms with Crippen LogP contribution in [0.3, 0.4) is 0 Å². The third kappa shape index (κ3) is 3.46. The fourth-order valence-electron chi connectivity index (χ4n) is 2.34. The lowest BCUT2D eigenvalue weighted by Gasteiger charge is -2.21. The summed E-state index contributed by atoms with van der Waals surface area (Å²) in [6, 6.07) is 7.00. The highest BCUT2D eigenvalue weighted by atomic mass is 16.5. The monoisotopic (exact) mass is 304 g/mol. The number of nitrogens with zero attached hydrogens (tertiary/aromatic N) is 1. The maximum absolute atomic E-state index is 11.7. The molecular formula is C16H20N2O4. The normalized spacial score (nSPS) is 10.7. The molecule has 1 heterocycles. The first-order chi connectivity index (χ1) is 10.6. The van der Waals surface area contributed by atoms with E-state index in [4.69, 9.17) is 14.9 Å². The van der Waals surface area contributed by atoms with Gasteiger partial charge in [-0.15, -0.1) is 0 Å². The van der Waals surface area contributed by atoms with Crippen LogP contribution in [0.15, 0.2) is 33.5 Å². The van der Waals surface area contributed by atoms with E-state index in [1.165, 1.54) is 6.07 Å². The molecule has 2 rings (SSSR count). The average molecular weight is 304 g/mol. The van der Waals surface area contributed by atoms with Gasteiger partial charge in [0.05, 0.1) is 6.54 Å². The van der Waals surface area contributed by atoms with E-state index in [-0.39, 0.29) is 13.2 Å². The van der Waals surface area contributed by atoms with Gasteiger partial charge in [-0.05, 0) is 26.0 Å². The molecule has 22 heavy (non-hydrogen) atoms. The Hall–Kier alpha value is -2.34. The number of fused-ring (bicyclic) bond motifs is 1. The predicted octanol–water partition coefficient (Wildman–Crippen LogP) is 1.64. The van der Waals surface area contributed by atoms with Crippen molar-refractivity contribution >= 4 is 22.6 Å². The smallest absolute Gasteiger partial charge is 0.336 e. The van der Waals surface area contributed by atoms with Crippen LogP contribution in [-0.4, -0.2) is 25.6 Å².